The third-order valence-corrected chi connectivity index (χ3v) is 56.1. The number of ether oxygens (including phenoxy) is 1. The Bertz CT molecular complexity index is 379. The molecule has 2 heterocycles. The van der Waals surface area contributed by atoms with E-state index in [-0.39, 0.29) is 0 Å². The van der Waals surface area contributed by atoms with Gasteiger partial charge in [-0.15, -0.1) is 0 Å². The summed E-state index contributed by atoms with van der Waals surface area (Å²) in [7, 11) is -0.823. The van der Waals surface area contributed by atoms with E-state index in [9.17, 15) is 0 Å². The SMILES string of the molecule is C[Si]1(C)C[Te](I)(SC(=S)N2CCOCC2)C[Si](C)(C)O1. The van der Waals surface area contributed by atoms with Crippen LogP contribution >= 0.6 is 39.9 Å². The predicted molar refractivity (Wildman–Crippen MR) is 108 cm³/mol. The van der Waals surface area contributed by atoms with Crippen molar-refractivity contribution in [2.75, 3.05) is 26.3 Å². The van der Waals surface area contributed by atoms with Crippen molar-refractivity contribution in [2.45, 2.75) is 34.4 Å². The summed E-state index contributed by atoms with van der Waals surface area (Å²) in [6, 6.07) is 0. The van der Waals surface area contributed by atoms with E-state index in [1.165, 1.54) is 8.18 Å². The van der Waals surface area contributed by atoms with Crippen LogP contribution in [0.2, 0.25) is 34.4 Å². The summed E-state index contributed by atoms with van der Waals surface area (Å²) in [6.07, 6.45) is 0. The van der Waals surface area contributed by atoms with Crippen molar-refractivity contribution in [2.24, 2.45) is 0 Å². The molecule has 0 bridgehead atoms. The Morgan fingerprint density at radius 1 is 1.15 bits per heavy atom. The molecule has 2 aliphatic rings. The molecule has 2 rings (SSSR count). The van der Waals surface area contributed by atoms with Crippen molar-refractivity contribution in [1.82, 2.24) is 4.90 Å². The quantitative estimate of drug-likeness (QED) is 0.269. The van der Waals surface area contributed by atoms with Crippen molar-refractivity contribution in [3.05, 3.63) is 0 Å². The number of rotatable bonds is 1. The van der Waals surface area contributed by atoms with E-state index in [1.807, 2.05) is 0 Å². The van der Waals surface area contributed by atoms with Crippen molar-refractivity contribution in [3.63, 3.8) is 0 Å². The summed E-state index contributed by atoms with van der Waals surface area (Å²) in [5.41, 5.74) is 0. The van der Waals surface area contributed by atoms with Crippen LogP contribution in [0.15, 0.2) is 0 Å². The monoisotopic (exact) mass is 579 g/mol. The molecule has 2 saturated heterocycles. The van der Waals surface area contributed by atoms with Gasteiger partial charge in [-0.05, 0) is 0 Å². The molecule has 118 valence electrons. The van der Waals surface area contributed by atoms with E-state index < -0.39 is 29.5 Å². The van der Waals surface area contributed by atoms with Crippen LogP contribution in [0.4, 0.5) is 0 Å². The summed E-state index contributed by atoms with van der Waals surface area (Å²) >= 11 is 6.60. The maximum absolute atomic E-state index is 6.51. The third kappa shape index (κ3) is 5.33. The van der Waals surface area contributed by atoms with Gasteiger partial charge in [0.1, 0.15) is 0 Å². The Morgan fingerprint density at radius 3 is 2.15 bits per heavy atom. The zero-order chi connectivity index (χ0) is 15.0. The number of nitrogens with zero attached hydrogens (tertiary/aromatic N) is 1. The first-order chi connectivity index (χ1) is 9.11. The number of thiocarbonyl (C=S) groups is 1. The van der Waals surface area contributed by atoms with Crippen molar-refractivity contribution in [1.29, 1.82) is 0 Å². The molecule has 0 saturated carbocycles. The van der Waals surface area contributed by atoms with Gasteiger partial charge in [-0.3, -0.25) is 0 Å². The van der Waals surface area contributed by atoms with E-state index >= 15 is 0 Å². The first kappa shape index (κ1) is 18.5. The van der Waals surface area contributed by atoms with E-state index in [2.05, 4.69) is 58.8 Å². The summed E-state index contributed by atoms with van der Waals surface area (Å²) in [6.45, 7) is 13.2. The van der Waals surface area contributed by atoms with Gasteiger partial charge in [-0.2, -0.15) is 0 Å². The molecule has 0 spiro atoms. The van der Waals surface area contributed by atoms with Gasteiger partial charge in [0.2, 0.25) is 0 Å². The van der Waals surface area contributed by atoms with Gasteiger partial charge in [0.05, 0.1) is 0 Å². The zero-order valence-corrected chi connectivity index (χ0v) is 20.7. The Kier molecular flexibility index (Phi) is 6.39. The zero-order valence-electron chi connectivity index (χ0n) is 12.6. The second kappa shape index (κ2) is 6.93. The fourth-order valence-electron chi connectivity index (χ4n) is 2.88. The minimum absolute atomic E-state index is 0.825. The third-order valence-electron chi connectivity index (χ3n) is 3.17. The molecule has 0 radical (unpaired) electrons. The van der Waals surface area contributed by atoms with E-state index in [4.69, 9.17) is 21.1 Å². The number of halogens is 1. The summed E-state index contributed by atoms with van der Waals surface area (Å²) < 4.78 is 15.8. The van der Waals surface area contributed by atoms with Crippen molar-refractivity contribution in [3.8, 4) is 0 Å². The Balaban J connectivity index is 2.04. The van der Waals surface area contributed by atoms with Crippen LogP contribution in [0.3, 0.4) is 0 Å². The van der Waals surface area contributed by atoms with Crippen LogP contribution in [-0.2, 0) is 8.85 Å². The molecular weight excluding hydrogens is 553 g/mol. The molecule has 0 aliphatic carbocycles. The van der Waals surface area contributed by atoms with Crippen LogP contribution in [-0.4, -0.2) is 65.0 Å². The van der Waals surface area contributed by atoms with Gasteiger partial charge in [0, 0.05) is 0 Å². The Labute approximate surface area is 146 Å². The molecular formula is C11H24INO2S2Si2Te. The van der Waals surface area contributed by atoms with Gasteiger partial charge in [0.25, 0.3) is 0 Å². The molecule has 0 unspecified atom stereocenters. The molecule has 2 fully saturated rings. The first-order valence-corrected chi connectivity index (χ1v) is 27.2. The van der Waals surface area contributed by atoms with Crippen LogP contribution < -0.4 is 0 Å². The van der Waals surface area contributed by atoms with Crippen molar-refractivity contribution < 1.29 is 8.85 Å². The van der Waals surface area contributed by atoms with Gasteiger partial charge < -0.3 is 0 Å². The summed E-state index contributed by atoms with van der Waals surface area (Å²) in [5, 5.41) is 0. The molecule has 0 atom stereocenters. The van der Waals surface area contributed by atoms with Gasteiger partial charge in [-0.1, -0.05) is 0 Å². The van der Waals surface area contributed by atoms with Crippen LogP contribution in [0.1, 0.15) is 0 Å². The fraction of sp³-hybridized carbons (Fsp3) is 0.909. The van der Waals surface area contributed by atoms with Crippen LogP contribution in [0.5, 0.6) is 0 Å². The molecule has 0 amide bonds. The second-order valence-electron chi connectivity index (χ2n) is 6.58. The Morgan fingerprint density at radius 2 is 1.65 bits per heavy atom. The predicted octanol–water partition coefficient (Wildman–Crippen LogP) is 3.73. The normalized spacial score (nSPS) is 29.8. The summed E-state index contributed by atoms with van der Waals surface area (Å²) in [4.78, 5) is 2.36. The molecule has 3 nitrogen and oxygen atoms in total. The molecule has 9 heteroatoms. The van der Waals surface area contributed by atoms with Crippen LogP contribution in [0.25, 0.3) is 0 Å². The molecule has 20 heavy (non-hydrogen) atoms. The van der Waals surface area contributed by atoms with E-state index in [0.717, 1.165) is 30.6 Å². The standard InChI is InChI=1S/C11H24INO2S2Si2Te/c1-18(2)9-20(12,10-19(3,4)15-18)17-11(16)13-5-7-14-8-6-13/h5-10H2,1-4H3. The maximum atomic E-state index is 6.51. The van der Waals surface area contributed by atoms with Gasteiger partial charge >= 0.3 is 148 Å². The number of morpholine rings is 1. The molecule has 0 aromatic carbocycles. The van der Waals surface area contributed by atoms with Gasteiger partial charge in [-0.25, -0.2) is 0 Å². The van der Waals surface area contributed by atoms with Gasteiger partial charge in [0.15, 0.2) is 0 Å². The molecule has 0 aromatic rings. The minimum atomic E-state index is -1.99. The molecule has 0 N–H and O–H groups in total. The average molecular weight is 577 g/mol. The second-order valence-corrected chi connectivity index (χ2v) is 46.3. The topological polar surface area (TPSA) is 21.7 Å². The van der Waals surface area contributed by atoms with E-state index in [1.54, 1.807) is 0 Å². The average Bonchev–Trinajstić information content (AvgIpc) is 2.24. The molecule has 0 aromatic heterocycles. The van der Waals surface area contributed by atoms with E-state index in [0.29, 0.717) is 0 Å². The molecule has 2 aliphatic heterocycles. The fourth-order valence-corrected chi connectivity index (χ4v) is 92.7. The van der Waals surface area contributed by atoms with Crippen molar-refractivity contribution >= 4 is 73.7 Å². The number of hydrogen-bond donors (Lipinski definition) is 0. The first-order valence-electron chi connectivity index (χ1n) is 6.86. The Hall–Kier alpha value is 2.11. The number of hydrogen-bond acceptors (Lipinski definition) is 4. The summed E-state index contributed by atoms with van der Waals surface area (Å²) in [5.74, 6) is 0. The van der Waals surface area contributed by atoms with Crippen LogP contribution in [0, 0.1) is 0 Å².